The minimum Gasteiger partial charge on any atom is -0.497 e. The molecule has 1 amide bonds. The van der Waals surface area contributed by atoms with Gasteiger partial charge in [0, 0.05) is 42.0 Å². The molecule has 0 aliphatic carbocycles. The van der Waals surface area contributed by atoms with E-state index in [1.54, 1.807) is 21.3 Å². The summed E-state index contributed by atoms with van der Waals surface area (Å²) < 4.78 is 16.0. The molecule has 4 rings (SSSR count). The van der Waals surface area contributed by atoms with Crippen LogP contribution in [-0.2, 0) is 11.2 Å². The van der Waals surface area contributed by atoms with Crippen molar-refractivity contribution in [3.8, 4) is 17.2 Å². The molecule has 1 unspecified atom stereocenters. The predicted molar refractivity (Wildman–Crippen MR) is 134 cm³/mol. The second-order valence-electron chi connectivity index (χ2n) is 8.14. The fourth-order valence-electron chi connectivity index (χ4n) is 4.20. The van der Waals surface area contributed by atoms with Gasteiger partial charge >= 0.3 is 0 Å². The predicted octanol–water partition coefficient (Wildman–Crippen LogP) is 5.07. The largest absolute Gasteiger partial charge is 0.497 e. The summed E-state index contributed by atoms with van der Waals surface area (Å²) >= 11 is 0. The summed E-state index contributed by atoms with van der Waals surface area (Å²) in [6, 6.07) is 21.9. The maximum Gasteiger partial charge on any atom is 0.220 e. The summed E-state index contributed by atoms with van der Waals surface area (Å²) in [6.45, 7) is 0.494. The molecule has 6 nitrogen and oxygen atoms in total. The van der Waals surface area contributed by atoms with Crippen molar-refractivity contribution in [2.45, 2.75) is 18.8 Å². The lowest BCUT2D eigenvalue weighted by atomic mass is 9.90. The summed E-state index contributed by atoms with van der Waals surface area (Å²) in [6.07, 6.45) is 3.01. The third-order valence-corrected chi connectivity index (χ3v) is 6.07. The minimum absolute atomic E-state index is 0.000129. The molecule has 0 aliphatic rings. The number of H-pyrrole nitrogens is 1. The number of amides is 1. The SMILES string of the molecule is COc1ccc(C(CNC(=O)CCc2cc(OC)cc(OC)c2)c2c[nH]c3ccccc23)cc1. The van der Waals surface area contributed by atoms with Gasteiger partial charge in [0.25, 0.3) is 0 Å². The Bertz CT molecular complexity index is 1220. The van der Waals surface area contributed by atoms with Crippen LogP contribution in [0.2, 0.25) is 0 Å². The van der Waals surface area contributed by atoms with E-state index in [1.165, 1.54) is 0 Å². The number of carbonyl (C=O) groups excluding carboxylic acids is 1. The van der Waals surface area contributed by atoms with Gasteiger partial charge in [-0.2, -0.15) is 0 Å². The molecule has 1 atom stereocenters. The number of benzene rings is 3. The number of methoxy groups -OCH3 is 3. The third kappa shape index (κ3) is 5.34. The number of nitrogens with one attached hydrogen (secondary N) is 2. The maximum atomic E-state index is 12.8. The first-order valence-corrected chi connectivity index (χ1v) is 11.3. The lowest BCUT2D eigenvalue weighted by Gasteiger charge is -2.19. The molecule has 1 heterocycles. The number of hydrogen-bond donors (Lipinski definition) is 2. The molecule has 2 N–H and O–H groups in total. The minimum atomic E-state index is 0.000129. The van der Waals surface area contributed by atoms with Crippen LogP contribution in [0.15, 0.2) is 72.9 Å². The first-order chi connectivity index (χ1) is 16.6. The molecule has 1 aromatic heterocycles. The number of aryl methyl sites for hydroxylation is 1. The normalized spacial score (nSPS) is 11.7. The summed E-state index contributed by atoms with van der Waals surface area (Å²) in [4.78, 5) is 16.1. The number of carbonyl (C=O) groups is 1. The van der Waals surface area contributed by atoms with Crippen molar-refractivity contribution in [2.24, 2.45) is 0 Å². The van der Waals surface area contributed by atoms with E-state index in [9.17, 15) is 4.79 Å². The van der Waals surface area contributed by atoms with Crippen LogP contribution >= 0.6 is 0 Å². The molecule has 6 heteroatoms. The highest BCUT2D eigenvalue weighted by Crippen LogP contribution is 2.31. The van der Waals surface area contributed by atoms with Crippen LogP contribution in [0.5, 0.6) is 17.2 Å². The highest BCUT2D eigenvalue weighted by molar-refractivity contribution is 5.84. The van der Waals surface area contributed by atoms with Crippen LogP contribution in [0.25, 0.3) is 10.9 Å². The van der Waals surface area contributed by atoms with E-state index < -0.39 is 0 Å². The molecule has 0 saturated carbocycles. The van der Waals surface area contributed by atoms with E-state index in [2.05, 4.69) is 34.6 Å². The van der Waals surface area contributed by atoms with E-state index in [1.807, 2.05) is 48.7 Å². The summed E-state index contributed by atoms with van der Waals surface area (Å²) in [5.74, 6) is 2.24. The smallest absolute Gasteiger partial charge is 0.220 e. The Hall–Kier alpha value is -3.93. The molecule has 3 aromatic carbocycles. The quantitative estimate of drug-likeness (QED) is 0.348. The Morgan fingerprint density at radius 3 is 2.24 bits per heavy atom. The number of ether oxygens (including phenoxy) is 3. The molecule has 0 fully saturated rings. The number of hydrogen-bond acceptors (Lipinski definition) is 4. The monoisotopic (exact) mass is 458 g/mol. The first kappa shape index (κ1) is 23.2. The number of aromatic amines is 1. The zero-order valence-electron chi connectivity index (χ0n) is 19.8. The van der Waals surface area contributed by atoms with Gasteiger partial charge in [0.15, 0.2) is 0 Å². The molecule has 0 spiro atoms. The van der Waals surface area contributed by atoms with Crippen molar-refractivity contribution in [1.82, 2.24) is 10.3 Å². The van der Waals surface area contributed by atoms with Gasteiger partial charge in [-0.05, 0) is 53.4 Å². The number of aromatic nitrogens is 1. The van der Waals surface area contributed by atoms with Crippen LogP contribution < -0.4 is 19.5 Å². The Balaban J connectivity index is 1.49. The van der Waals surface area contributed by atoms with Crippen LogP contribution in [0.3, 0.4) is 0 Å². The molecule has 0 radical (unpaired) electrons. The van der Waals surface area contributed by atoms with Crippen molar-refractivity contribution < 1.29 is 19.0 Å². The van der Waals surface area contributed by atoms with Crippen molar-refractivity contribution in [3.63, 3.8) is 0 Å². The van der Waals surface area contributed by atoms with Crippen LogP contribution in [0.4, 0.5) is 0 Å². The maximum absolute atomic E-state index is 12.8. The molecule has 0 saturated heterocycles. The van der Waals surface area contributed by atoms with Crippen molar-refractivity contribution in [1.29, 1.82) is 0 Å². The van der Waals surface area contributed by atoms with Gasteiger partial charge in [-0.3, -0.25) is 4.79 Å². The second-order valence-corrected chi connectivity index (χ2v) is 8.14. The zero-order chi connectivity index (χ0) is 23.9. The molecule has 34 heavy (non-hydrogen) atoms. The lowest BCUT2D eigenvalue weighted by Crippen LogP contribution is -2.29. The van der Waals surface area contributed by atoms with Gasteiger partial charge in [-0.1, -0.05) is 30.3 Å². The number of para-hydroxylation sites is 1. The van der Waals surface area contributed by atoms with Crippen LogP contribution in [0.1, 0.15) is 29.0 Å². The topological polar surface area (TPSA) is 72.6 Å². The summed E-state index contributed by atoms with van der Waals surface area (Å²) in [5.41, 5.74) is 4.34. The van der Waals surface area contributed by atoms with Crippen molar-refractivity contribution in [3.05, 3.63) is 89.6 Å². The summed E-state index contributed by atoms with van der Waals surface area (Å²) in [7, 11) is 4.90. The van der Waals surface area contributed by atoms with Gasteiger partial charge in [0.05, 0.1) is 21.3 Å². The lowest BCUT2D eigenvalue weighted by molar-refractivity contribution is -0.121. The molecule has 0 aliphatic heterocycles. The fourth-order valence-corrected chi connectivity index (χ4v) is 4.20. The van der Waals surface area contributed by atoms with Gasteiger partial charge in [-0.15, -0.1) is 0 Å². The van der Waals surface area contributed by atoms with Crippen LogP contribution in [-0.4, -0.2) is 38.8 Å². The highest BCUT2D eigenvalue weighted by Gasteiger charge is 2.19. The van der Waals surface area contributed by atoms with E-state index >= 15 is 0 Å². The Labute approximate surface area is 199 Å². The average Bonchev–Trinajstić information content (AvgIpc) is 3.31. The van der Waals surface area contributed by atoms with E-state index in [0.29, 0.717) is 30.9 Å². The van der Waals surface area contributed by atoms with Gasteiger partial charge in [0.2, 0.25) is 5.91 Å². The van der Waals surface area contributed by atoms with E-state index in [4.69, 9.17) is 14.2 Å². The number of rotatable bonds is 10. The third-order valence-electron chi connectivity index (χ3n) is 6.07. The Kier molecular flexibility index (Phi) is 7.38. The molecule has 0 bridgehead atoms. The van der Waals surface area contributed by atoms with E-state index in [-0.39, 0.29) is 11.8 Å². The highest BCUT2D eigenvalue weighted by atomic mass is 16.5. The number of fused-ring (bicyclic) bond motifs is 1. The Morgan fingerprint density at radius 2 is 1.56 bits per heavy atom. The Morgan fingerprint density at radius 1 is 0.882 bits per heavy atom. The van der Waals surface area contributed by atoms with Gasteiger partial charge in [0.1, 0.15) is 17.2 Å². The standard InChI is InChI=1S/C28H30N2O4/c1-32-21-11-9-20(10-12-21)25(26-18-29-27-7-5-4-6-24(26)27)17-30-28(31)13-8-19-14-22(33-2)16-23(15-19)34-3/h4-7,9-12,14-16,18,25,29H,8,13,17H2,1-3H3,(H,30,31). The van der Waals surface area contributed by atoms with Gasteiger partial charge < -0.3 is 24.5 Å². The molecular formula is C28H30N2O4. The fraction of sp³-hybridized carbons (Fsp3) is 0.250. The van der Waals surface area contributed by atoms with Crippen LogP contribution in [0, 0.1) is 0 Å². The zero-order valence-corrected chi connectivity index (χ0v) is 19.8. The molecule has 176 valence electrons. The van der Waals surface area contributed by atoms with Crippen molar-refractivity contribution in [2.75, 3.05) is 27.9 Å². The average molecular weight is 459 g/mol. The molecular weight excluding hydrogens is 428 g/mol. The molecule has 4 aromatic rings. The summed E-state index contributed by atoms with van der Waals surface area (Å²) in [5, 5.41) is 4.30. The van der Waals surface area contributed by atoms with Gasteiger partial charge in [-0.25, -0.2) is 0 Å². The second kappa shape index (κ2) is 10.8. The first-order valence-electron chi connectivity index (χ1n) is 11.3. The van der Waals surface area contributed by atoms with Crippen molar-refractivity contribution >= 4 is 16.8 Å². The van der Waals surface area contributed by atoms with E-state index in [0.717, 1.165) is 33.3 Å².